The average Bonchev–Trinajstić information content (AvgIpc) is 2.87. The zero-order valence-electron chi connectivity index (χ0n) is 23.8. The summed E-state index contributed by atoms with van der Waals surface area (Å²) in [4.78, 5) is 23.1. The van der Waals surface area contributed by atoms with Crippen LogP contribution in [0.2, 0.25) is 0 Å². The molecule has 0 saturated carbocycles. The lowest BCUT2D eigenvalue weighted by Crippen LogP contribution is -2.16. The van der Waals surface area contributed by atoms with Crippen LogP contribution in [0, 0.1) is 0 Å². The Morgan fingerprint density at radius 2 is 1.22 bits per heavy atom. The van der Waals surface area contributed by atoms with Gasteiger partial charge in [0.25, 0.3) is 0 Å². The molecule has 0 aliphatic heterocycles. The maximum atomic E-state index is 12.4. The number of unbranched alkanes of at least 4 members (excludes halogenated alkanes) is 8. The average molecular weight is 515 g/mol. The highest BCUT2D eigenvalue weighted by atomic mass is 16.5. The van der Waals surface area contributed by atoms with Gasteiger partial charge in [0.1, 0.15) is 6.10 Å². The molecule has 37 heavy (non-hydrogen) atoms. The Morgan fingerprint density at radius 3 is 1.89 bits per heavy atom. The summed E-state index contributed by atoms with van der Waals surface area (Å²) in [7, 11) is 0. The van der Waals surface area contributed by atoms with Crippen LogP contribution in [0.1, 0.15) is 129 Å². The van der Waals surface area contributed by atoms with Crippen LogP contribution in [0.25, 0.3) is 0 Å². The van der Waals surface area contributed by atoms with Gasteiger partial charge in [-0.3, -0.25) is 9.59 Å². The summed E-state index contributed by atoms with van der Waals surface area (Å²) in [6.45, 7) is 4.33. The minimum Gasteiger partial charge on any atom is -0.481 e. The molecule has 0 heterocycles. The molecule has 0 amide bonds. The molecule has 0 radical (unpaired) electrons. The largest absolute Gasteiger partial charge is 0.481 e. The second kappa shape index (κ2) is 28.2. The number of allylic oxidation sites excluding steroid dienone is 9. The van der Waals surface area contributed by atoms with E-state index in [0.717, 1.165) is 64.2 Å². The van der Waals surface area contributed by atoms with Crippen molar-refractivity contribution >= 4 is 11.9 Å². The van der Waals surface area contributed by atoms with E-state index < -0.39 is 5.97 Å². The van der Waals surface area contributed by atoms with Crippen LogP contribution in [0.5, 0.6) is 0 Å². The molecule has 0 aromatic rings. The maximum Gasteiger partial charge on any atom is 0.306 e. The van der Waals surface area contributed by atoms with Gasteiger partial charge in [-0.15, -0.1) is 0 Å². The molecule has 0 rings (SSSR count). The minimum absolute atomic E-state index is 0.125. The number of carbonyl (C=O) groups excluding carboxylic acids is 1. The molecule has 0 aliphatic rings. The van der Waals surface area contributed by atoms with Crippen LogP contribution in [-0.2, 0) is 14.3 Å². The fraction of sp³-hybridized carbons (Fsp3) is 0.636. The van der Waals surface area contributed by atoms with Gasteiger partial charge in [-0.25, -0.2) is 0 Å². The quantitative estimate of drug-likeness (QED) is 0.0748. The van der Waals surface area contributed by atoms with Crippen LogP contribution < -0.4 is 0 Å². The van der Waals surface area contributed by atoms with E-state index in [9.17, 15) is 9.59 Å². The van der Waals surface area contributed by atoms with Gasteiger partial charge in [-0.1, -0.05) is 101 Å². The number of hydrogen-bond donors (Lipinski definition) is 1. The number of carbonyl (C=O) groups is 2. The third-order valence-corrected chi connectivity index (χ3v) is 5.94. The summed E-state index contributed by atoms with van der Waals surface area (Å²) >= 11 is 0. The van der Waals surface area contributed by atoms with Crippen LogP contribution in [0.4, 0.5) is 0 Å². The van der Waals surface area contributed by atoms with E-state index in [1.54, 1.807) is 0 Å². The molecule has 210 valence electrons. The van der Waals surface area contributed by atoms with Crippen molar-refractivity contribution in [2.75, 3.05) is 0 Å². The van der Waals surface area contributed by atoms with Gasteiger partial charge < -0.3 is 9.84 Å². The SMILES string of the molecule is CC/C=C\C/C=C\C/C=C\C/C=C\C(CCCCCC(=O)O)OC(=O)CCCCCCC/C=C\CCC. The highest BCUT2D eigenvalue weighted by Crippen LogP contribution is 2.13. The third-order valence-electron chi connectivity index (χ3n) is 5.94. The van der Waals surface area contributed by atoms with Crippen LogP contribution in [-0.4, -0.2) is 23.1 Å². The van der Waals surface area contributed by atoms with Crippen LogP contribution in [0.3, 0.4) is 0 Å². The van der Waals surface area contributed by atoms with Gasteiger partial charge in [0.05, 0.1) is 0 Å². The van der Waals surface area contributed by atoms with E-state index in [4.69, 9.17) is 9.84 Å². The summed E-state index contributed by atoms with van der Waals surface area (Å²) in [6, 6.07) is 0. The third kappa shape index (κ3) is 28.1. The van der Waals surface area contributed by atoms with Crippen molar-refractivity contribution in [1.29, 1.82) is 0 Å². The van der Waals surface area contributed by atoms with E-state index in [-0.39, 0.29) is 18.5 Å². The van der Waals surface area contributed by atoms with Crippen LogP contribution in [0.15, 0.2) is 60.8 Å². The number of ether oxygens (including phenoxy) is 1. The molecule has 1 unspecified atom stereocenters. The highest BCUT2D eigenvalue weighted by molar-refractivity contribution is 5.69. The predicted octanol–water partition coefficient (Wildman–Crippen LogP) is 9.83. The first kappa shape index (κ1) is 34.6. The van der Waals surface area contributed by atoms with Gasteiger partial charge in [0.2, 0.25) is 0 Å². The summed E-state index contributed by atoms with van der Waals surface area (Å²) in [5.74, 6) is -0.879. The van der Waals surface area contributed by atoms with Crippen molar-refractivity contribution in [1.82, 2.24) is 0 Å². The Morgan fingerprint density at radius 1 is 0.649 bits per heavy atom. The Hall–Kier alpha value is -2.36. The molecule has 0 aromatic carbocycles. The number of carboxylic acids is 1. The van der Waals surface area contributed by atoms with Crippen molar-refractivity contribution in [3.63, 3.8) is 0 Å². The van der Waals surface area contributed by atoms with Gasteiger partial charge in [0, 0.05) is 12.8 Å². The number of hydrogen-bond acceptors (Lipinski definition) is 3. The fourth-order valence-electron chi connectivity index (χ4n) is 3.80. The molecule has 0 aromatic heterocycles. The monoisotopic (exact) mass is 514 g/mol. The van der Waals surface area contributed by atoms with Crippen molar-refractivity contribution < 1.29 is 19.4 Å². The number of rotatable bonds is 25. The van der Waals surface area contributed by atoms with Crippen molar-refractivity contribution in [2.24, 2.45) is 0 Å². The second-order valence-corrected chi connectivity index (χ2v) is 9.55. The topological polar surface area (TPSA) is 63.6 Å². The molecule has 4 heteroatoms. The standard InChI is InChI=1S/C33H54O4/c1-3-5-7-9-11-13-15-16-18-20-23-27-31(28-24-22-25-29-32(34)35)37-33(36)30-26-21-19-17-14-12-10-8-6-4-2/h5,7-8,10-11,13,16,18,23,27,31H,3-4,6,9,12,14-15,17,19-22,24-26,28-30H2,1-2H3,(H,34,35)/b7-5-,10-8-,13-11-,18-16-,27-23-. The zero-order chi connectivity index (χ0) is 27.2. The number of aliphatic carboxylic acids is 1. The summed E-state index contributed by atoms with van der Waals surface area (Å²) < 4.78 is 5.76. The number of carboxylic acid groups (broad SMARTS) is 1. The molecule has 0 fully saturated rings. The van der Waals surface area contributed by atoms with Gasteiger partial charge in [0.15, 0.2) is 0 Å². The lowest BCUT2D eigenvalue weighted by molar-refractivity contribution is -0.147. The fourth-order valence-corrected chi connectivity index (χ4v) is 3.80. The number of esters is 1. The van der Waals surface area contributed by atoms with Gasteiger partial charge in [-0.05, 0) is 76.7 Å². The molecule has 0 bridgehead atoms. The van der Waals surface area contributed by atoms with E-state index in [1.807, 2.05) is 6.08 Å². The first-order chi connectivity index (χ1) is 18.1. The predicted molar refractivity (Wildman–Crippen MR) is 158 cm³/mol. The molecule has 0 aliphatic carbocycles. The Labute approximate surface area is 227 Å². The first-order valence-electron chi connectivity index (χ1n) is 14.8. The summed E-state index contributed by atoms with van der Waals surface area (Å²) in [6.07, 6.45) is 38.0. The van der Waals surface area contributed by atoms with Crippen molar-refractivity contribution in [3.05, 3.63) is 60.8 Å². The smallest absolute Gasteiger partial charge is 0.306 e. The molecule has 1 N–H and O–H groups in total. The molecule has 1 atom stereocenters. The normalized spacial score (nSPS) is 13.1. The first-order valence-corrected chi connectivity index (χ1v) is 14.8. The molecule has 4 nitrogen and oxygen atoms in total. The molecule has 0 spiro atoms. The zero-order valence-corrected chi connectivity index (χ0v) is 23.8. The molecule has 0 saturated heterocycles. The summed E-state index contributed by atoms with van der Waals surface area (Å²) in [5, 5.41) is 8.81. The Bertz CT molecular complexity index is 684. The van der Waals surface area contributed by atoms with E-state index in [2.05, 4.69) is 68.5 Å². The Balaban J connectivity index is 4.29. The van der Waals surface area contributed by atoms with Crippen LogP contribution >= 0.6 is 0 Å². The van der Waals surface area contributed by atoms with Crippen molar-refractivity contribution in [2.45, 2.75) is 136 Å². The van der Waals surface area contributed by atoms with E-state index >= 15 is 0 Å². The highest BCUT2D eigenvalue weighted by Gasteiger charge is 2.11. The van der Waals surface area contributed by atoms with Gasteiger partial charge in [-0.2, -0.15) is 0 Å². The summed E-state index contributed by atoms with van der Waals surface area (Å²) in [5.41, 5.74) is 0. The van der Waals surface area contributed by atoms with E-state index in [1.165, 1.54) is 32.1 Å². The lowest BCUT2D eigenvalue weighted by atomic mass is 10.1. The maximum absolute atomic E-state index is 12.4. The minimum atomic E-state index is -0.755. The van der Waals surface area contributed by atoms with E-state index in [0.29, 0.717) is 12.8 Å². The molecular formula is C33H54O4. The van der Waals surface area contributed by atoms with Gasteiger partial charge >= 0.3 is 11.9 Å². The molecular weight excluding hydrogens is 460 g/mol. The second-order valence-electron chi connectivity index (χ2n) is 9.55. The van der Waals surface area contributed by atoms with Crippen molar-refractivity contribution in [3.8, 4) is 0 Å². The lowest BCUT2D eigenvalue weighted by Gasteiger charge is -2.14. The Kier molecular flexibility index (Phi) is 26.4.